The Kier molecular flexibility index (Phi) is 5.36. The van der Waals surface area contributed by atoms with E-state index in [2.05, 4.69) is 0 Å². The van der Waals surface area contributed by atoms with Gasteiger partial charge < -0.3 is 14.7 Å². The van der Waals surface area contributed by atoms with Crippen molar-refractivity contribution in [2.24, 2.45) is 0 Å². The van der Waals surface area contributed by atoms with Crippen LogP contribution in [0.25, 0.3) is 0 Å². The van der Waals surface area contributed by atoms with Crippen LogP contribution in [0.3, 0.4) is 0 Å². The van der Waals surface area contributed by atoms with Crippen molar-refractivity contribution in [3.63, 3.8) is 0 Å². The summed E-state index contributed by atoms with van der Waals surface area (Å²) in [6.07, 6.45) is 0. The summed E-state index contributed by atoms with van der Waals surface area (Å²) in [6, 6.07) is 14.9. The lowest BCUT2D eigenvalue weighted by Crippen LogP contribution is -2.37. The summed E-state index contributed by atoms with van der Waals surface area (Å²) in [5, 5.41) is 9.59. The topological polar surface area (TPSA) is 66.8 Å². The van der Waals surface area contributed by atoms with Crippen molar-refractivity contribution in [1.29, 1.82) is 0 Å². The third-order valence-electron chi connectivity index (χ3n) is 3.58. The fraction of sp³-hybridized carbons (Fsp3) is 0.222. The molecule has 0 bridgehead atoms. The first-order valence-corrected chi connectivity index (χ1v) is 7.21. The van der Waals surface area contributed by atoms with Crippen LogP contribution in [0.2, 0.25) is 0 Å². The molecular weight excluding hydrogens is 294 g/mol. The lowest BCUT2D eigenvalue weighted by atomic mass is 10.0. The van der Waals surface area contributed by atoms with Crippen LogP contribution in [-0.2, 0) is 16.1 Å². The number of aliphatic carboxylic acids is 1. The first-order valence-electron chi connectivity index (χ1n) is 7.21. The molecule has 23 heavy (non-hydrogen) atoms. The summed E-state index contributed by atoms with van der Waals surface area (Å²) < 4.78 is 5.10. The molecule has 0 heterocycles. The zero-order valence-electron chi connectivity index (χ0n) is 13.1. The minimum absolute atomic E-state index is 0.213. The van der Waals surface area contributed by atoms with Gasteiger partial charge in [0.15, 0.2) is 6.04 Å². The summed E-state index contributed by atoms with van der Waals surface area (Å²) in [4.78, 5) is 25.1. The van der Waals surface area contributed by atoms with Crippen molar-refractivity contribution in [3.8, 4) is 5.75 Å². The number of nitrogens with zero attached hydrogens (tertiary/aromatic N) is 1. The van der Waals surface area contributed by atoms with E-state index in [1.165, 1.54) is 11.8 Å². The molecule has 2 rings (SSSR count). The third kappa shape index (κ3) is 4.10. The number of amides is 1. The molecule has 5 nitrogen and oxygen atoms in total. The SMILES string of the molecule is COc1ccc(CN(C(C)=O)C(C(=O)O)c2ccccc2)cc1. The maximum absolute atomic E-state index is 12.0. The molecule has 1 unspecified atom stereocenters. The van der Waals surface area contributed by atoms with Crippen molar-refractivity contribution < 1.29 is 19.4 Å². The lowest BCUT2D eigenvalue weighted by Gasteiger charge is -2.28. The van der Waals surface area contributed by atoms with Gasteiger partial charge in [0, 0.05) is 13.5 Å². The number of hydrogen-bond donors (Lipinski definition) is 1. The number of ether oxygens (including phenoxy) is 1. The zero-order chi connectivity index (χ0) is 16.8. The largest absolute Gasteiger partial charge is 0.497 e. The fourth-order valence-electron chi connectivity index (χ4n) is 2.40. The second-order valence-corrected chi connectivity index (χ2v) is 5.15. The minimum atomic E-state index is -1.06. The highest BCUT2D eigenvalue weighted by molar-refractivity contribution is 5.83. The molecule has 2 aromatic carbocycles. The monoisotopic (exact) mass is 313 g/mol. The van der Waals surface area contributed by atoms with E-state index >= 15 is 0 Å². The Bertz CT molecular complexity index is 667. The average Bonchev–Trinajstić information content (AvgIpc) is 2.55. The molecule has 1 amide bonds. The normalized spacial score (nSPS) is 11.6. The van der Waals surface area contributed by atoms with Gasteiger partial charge in [-0.15, -0.1) is 0 Å². The Balaban J connectivity index is 2.31. The molecule has 0 saturated heterocycles. The number of carboxylic acid groups (broad SMARTS) is 1. The first kappa shape index (κ1) is 16.5. The number of carbonyl (C=O) groups is 2. The van der Waals surface area contributed by atoms with E-state index in [0.29, 0.717) is 11.3 Å². The van der Waals surface area contributed by atoms with Crippen molar-refractivity contribution >= 4 is 11.9 Å². The van der Waals surface area contributed by atoms with Crippen LogP contribution in [0.5, 0.6) is 5.75 Å². The highest BCUT2D eigenvalue weighted by Gasteiger charge is 2.29. The van der Waals surface area contributed by atoms with Crippen molar-refractivity contribution in [3.05, 3.63) is 65.7 Å². The Hall–Kier alpha value is -2.82. The average molecular weight is 313 g/mol. The molecule has 1 N–H and O–H groups in total. The molecule has 1 atom stereocenters. The van der Waals surface area contributed by atoms with Crippen molar-refractivity contribution in [2.45, 2.75) is 19.5 Å². The van der Waals surface area contributed by atoms with Gasteiger partial charge in [-0.05, 0) is 23.3 Å². The van der Waals surface area contributed by atoms with E-state index in [1.54, 1.807) is 43.5 Å². The molecule has 2 aromatic rings. The van der Waals surface area contributed by atoms with Crippen LogP contribution in [0.15, 0.2) is 54.6 Å². The maximum Gasteiger partial charge on any atom is 0.331 e. The van der Waals surface area contributed by atoms with Crippen molar-refractivity contribution in [1.82, 2.24) is 4.90 Å². The van der Waals surface area contributed by atoms with E-state index in [-0.39, 0.29) is 12.5 Å². The van der Waals surface area contributed by atoms with Gasteiger partial charge in [-0.2, -0.15) is 0 Å². The standard InChI is InChI=1S/C18H19NO4/c1-13(20)19(12-14-8-10-16(23-2)11-9-14)17(18(21)22)15-6-4-3-5-7-15/h3-11,17H,12H2,1-2H3,(H,21,22). The van der Waals surface area contributed by atoms with Gasteiger partial charge in [0.25, 0.3) is 0 Å². The highest BCUT2D eigenvalue weighted by Crippen LogP contribution is 2.24. The van der Waals surface area contributed by atoms with Gasteiger partial charge in [0.05, 0.1) is 7.11 Å². The Labute approximate surface area is 135 Å². The number of rotatable bonds is 6. The second kappa shape index (κ2) is 7.45. The van der Waals surface area contributed by atoms with Gasteiger partial charge in [0.2, 0.25) is 5.91 Å². The molecule has 0 spiro atoms. The van der Waals surface area contributed by atoms with E-state index in [0.717, 1.165) is 5.56 Å². The molecule has 0 radical (unpaired) electrons. The predicted molar refractivity (Wildman–Crippen MR) is 86.0 cm³/mol. The van der Waals surface area contributed by atoms with Crippen LogP contribution in [-0.4, -0.2) is 29.0 Å². The summed E-state index contributed by atoms with van der Waals surface area (Å²) >= 11 is 0. The Morgan fingerprint density at radius 1 is 1.09 bits per heavy atom. The Morgan fingerprint density at radius 3 is 2.17 bits per heavy atom. The summed E-state index contributed by atoms with van der Waals surface area (Å²) in [6.45, 7) is 1.59. The molecule has 5 heteroatoms. The predicted octanol–water partition coefficient (Wildman–Crippen LogP) is 2.87. The number of methoxy groups -OCH3 is 1. The van der Waals surface area contributed by atoms with E-state index in [4.69, 9.17) is 4.74 Å². The van der Waals surface area contributed by atoms with E-state index in [1.807, 2.05) is 18.2 Å². The number of benzene rings is 2. The van der Waals surface area contributed by atoms with E-state index in [9.17, 15) is 14.7 Å². The van der Waals surface area contributed by atoms with Crippen LogP contribution < -0.4 is 4.74 Å². The van der Waals surface area contributed by atoms with E-state index < -0.39 is 12.0 Å². The Morgan fingerprint density at radius 2 is 1.70 bits per heavy atom. The summed E-state index contributed by atoms with van der Waals surface area (Å²) in [7, 11) is 1.58. The molecule has 0 aliphatic heterocycles. The highest BCUT2D eigenvalue weighted by atomic mass is 16.5. The van der Waals surface area contributed by atoms with Gasteiger partial charge in [-0.3, -0.25) is 4.79 Å². The van der Waals surface area contributed by atoms with Gasteiger partial charge >= 0.3 is 5.97 Å². The fourth-order valence-corrected chi connectivity index (χ4v) is 2.40. The molecule has 120 valence electrons. The first-order chi connectivity index (χ1) is 11.0. The smallest absolute Gasteiger partial charge is 0.331 e. The van der Waals surface area contributed by atoms with Crippen LogP contribution in [0.1, 0.15) is 24.1 Å². The number of carbonyl (C=O) groups excluding carboxylic acids is 1. The maximum atomic E-state index is 12.0. The van der Waals surface area contributed by atoms with Crippen molar-refractivity contribution in [2.75, 3.05) is 7.11 Å². The molecule has 0 aromatic heterocycles. The second-order valence-electron chi connectivity index (χ2n) is 5.15. The lowest BCUT2D eigenvalue weighted by molar-refractivity contribution is -0.150. The minimum Gasteiger partial charge on any atom is -0.497 e. The zero-order valence-corrected chi connectivity index (χ0v) is 13.1. The number of carboxylic acids is 1. The third-order valence-corrected chi connectivity index (χ3v) is 3.58. The quantitative estimate of drug-likeness (QED) is 0.890. The van der Waals surface area contributed by atoms with Crippen LogP contribution in [0, 0.1) is 0 Å². The van der Waals surface area contributed by atoms with Crippen LogP contribution in [0.4, 0.5) is 0 Å². The molecule has 0 fully saturated rings. The van der Waals surface area contributed by atoms with Gasteiger partial charge in [-0.1, -0.05) is 42.5 Å². The van der Waals surface area contributed by atoms with Gasteiger partial charge in [0.1, 0.15) is 5.75 Å². The molecule has 0 saturated carbocycles. The molecule has 0 aliphatic carbocycles. The van der Waals surface area contributed by atoms with Gasteiger partial charge in [-0.25, -0.2) is 4.79 Å². The summed E-state index contributed by atoms with van der Waals surface area (Å²) in [5.41, 5.74) is 1.41. The molecular formula is C18H19NO4. The molecule has 0 aliphatic rings. The summed E-state index contributed by atoms with van der Waals surface area (Å²) in [5.74, 6) is -0.641. The van der Waals surface area contributed by atoms with Crippen LogP contribution >= 0.6 is 0 Å². The number of hydrogen-bond acceptors (Lipinski definition) is 3.